The Morgan fingerprint density at radius 1 is 0.575 bits per heavy atom. The van der Waals surface area contributed by atoms with E-state index in [4.69, 9.17) is 4.74 Å². The van der Waals surface area contributed by atoms with Crippen molar-refractivity contribution in [1.29, 1.82) is 0 Å². The highest BCUT2D eigenvalue weighted by molar-refractivity contribution is 6.02. The van der Waals surface area contributed by atoms with Gasteiger partial charge >= 0.3 is 0 Å². The number of fused-ring (bicyclic) bond motifs is 1. The smallest absolute Gasteiger partial charge is 0.128 e. The summed E-state index contributed by atoms with van der Waals surface area (Å²) in [6.45, 7) is 8.65. The molecule has 0 fully saturated rings. The Bertz CT molecular complexity index is 1800. The Morgan fingerprint density at radius 2 is 1.20 bits per heavy atom. The van der Waals surface area contributed by atoms with Gasteiger partial charge in [0.05, 0.1) is 6.10 Å². The number of rotatable bonds is 6. The van der Waals surface area contributed by atoms with E-state index in [1.54, 1.807) is 0 Å². The summed E-state index contributed by atoms with van der Waals surface area (Å²) < 4.78 is 8.64. The highest BCUT2D eigenvalue weighted by Gasteiger charge is 2.20. The van der Waals surface area contributed by atoms with E-state index in [2.05, 4.69) is 155 Å². The lowest BCUT2D eigenvalue weighted by molar-refractivity contribution is 0.243. The topological polar surface area (TPSA) is 14.2 Å². The summed E-state index contributed by atoms with van der Waals surface area (Å²) >= 11 is 0. The zero-order valence-electron chi connectivity index (χ0n) is 23.9. The number of para-hydroxylation sites is 1. The van der Waals surface area contributed by atoms with Crippen molar-refractivity contribution in [3.8, 4) is 50.3 Å². The first kappa shape index (κ1) is 25.7. The molecule has 5 aromatic carbocycles. The van der Waals surface area contributed by atoms with E-state index in [1.165, 1.54) is 61.0 Å². The summed E-state index contributed by atoms with van der Waals surface area (Å²) in [5.74, 6) is 0.914. The van der Waals surface area contributed by atoms with Gasteiger partial charge in [0, 0.05) is 35.3 Å². The molecular formula is C38H35NO. The second kappa shape index (κ2) is 10.5. The van der Waals surface area contributed by atoms with Crippen LogP contribution < -0.4 is 4.74 Å². The van der Waals surface area contributed by atoms with Gasteiger partial charge in [-0.15, -0.1) is 0 Å². The summed E-state index contributed by atoms with van der Waals surface area (Å²) in [6.07, 6.45) is 2.31. The molecule has 1 aromatic heterocycles. The Balaban J connectivity index is 1.56. The first-order chi connectivity index (χ1) is 19.4. The SMILES string of the molecule is Cc1cc(-c2cccc(OC(C)C)c2-c2cn(C)c3ccccc23)cc(C)c1-c1ccccc1-c1ccccc1. The van der Waals surface area contributed by atoms with Crippen LogP contribution in [0.25, 0.3) is 55.4 Å². The van der Waals surface area contributed by atoms with Crippen LogP contribution in [0, 0.1) is 13.8 Å². The standard InChI is InChI=1S/C38H35NO/c1-25(2)40-36-21-13-19-31(38(36)34-24-39(5)35-20-12-11-17-32(34)35)29-22-26(3)37(27(4)23-29)33-18-10-9-16-30(33)28-14-7-6-8-15-28/h6-25H,1-5H3. The number of aromatic nitrogens is 1. The maximum absolute atomic E-state index is 6.43. The second-order valence-electron chi connectivity index (χ2n) is 10.9. The van der Waals surface area contributed by atoms with E-state index < -0.39 is 0 Å². The first-order valence-electron chi connectivity index (χ1n) is 14.0. The molecule has 6 aromatic rings. The van der Waals surface area contributed by atoms with E-state index in [0.29, 0.717) is 0 Å². The van der Waals surface area contributed by atoms with Crippen molar-refractivity contribution in [2.75, 3.05) is 0 Å². The highest BCUT2D eigenvalue weighted by atomic mass is 16.5. The van der Waals surface area contributed by atoms with Crippen LogP contribution in [0.4, 0.5) is 0 Å². The van der Waals surface area contributed by atoms with Crippen molar-refractivity contribution < 1.29 is 4.74 Å². The van der Waals surface area contributed by atoms with Crippen LogP contribution in [0.2, 0.25) is 0 Å². The lowest BCUT2D eigenvalue weighted by Crippen LogP contribution is -2.07. The summed E-state index contributed by atoms with van der Waals surface area (Å²) in [7, 11) is 2.12. The lowest BCUT2D eigenvalue weighted by Gasteiger charge is -2.20. The molecule has 0 saturated heterocycles. The zero-order valence-corrected chi connectivity index (χ0v) is 23.9. The maximum Gasteiger partial charge on any atom is 0.128 e. The fourth-order valence-corrected chi connectivity index (χ4v) is 6.06. The van der Waals surface area contributed by atoms with Gasteiger partial charge in [0.2, 0.25) is 0 Å². The van der Waals surface area contributed by atoms with Crippen molar-refractivity contribution in [3.05, 3.63) is 127 Å². The zero-order chi connectivity index (χ0) is 27.8. The molecule has 0 amide bonds. The summed E-state index contributed by atoms with van der Waals surface area (Å²) in [4.78, 5) is 0. The van der Waals surface area contributed by atoms with Crippen molar-refractivity contribution in [2.45, 2.75) is 33.8 Å². The number of benzene rings is 5. The van der Waals surface area contributed by atoms with Crippen LogP contribution >= 0.6 is 0 Å². The van der Waals surface area contributed by atoms with Crippen molar-refractivity contribution in [3.63, 3.8) is 0 Å². The van der Waals surface area contributed by atoms with Gasteiger partial charge in [-0.2, -0.15) is 0 Å². The highest BCUT2D eigenvalue weighted by Crippen LogP contribution is 2.45. The summed E-state index contributed by atoms with van der Waals surface area (Å²) in [5, 5.41) is 1.23. The molecule has 40 heavy (non-hydrogen) atoms. The third kappa shape index (κ3) is 4.60. The Hall–Kier alpha value is -4.56. The minimum Gasteiger partial charge on any atom is -0.490 e. The van der Waals surface area contributed by atoms with E-state index in [9.17, 15) is 0 Å². The fraction of sp³-hybridized carbons (Fsp3) is 0.158. The van der Waals surface area contributed by atoms with Crippen LogP contribution in [-0.4, -0.2) is 10.7 Å². The molecule has 2 nitrogen and oxygen atoms in total. The number of nitrogens with zero attached hydrogens (tertiary/aromatic N) is 1. The average molecular weight is 522 g/mol. The number of hydrogen-bond donors (Lipinski definition) is 0. The predicted octanol–water partition coefficient (Wildman–Crippen LogP) is 10.3. The van der Waals surface area contributed by atoms with Crippen LogP contribution in [0.5, 0.6) is 5.75 Å². The first-order valence-corrected chi connectivity index (χ1v) is 14.0. The molecule has 0 N–H and O–H groups in total. The van der Waals surface area contributed by atoms with Crippen molar-refractivity contribution in [1.82, 2.24) is 4.57 Å². The van der Waals surface area contributed by atoms with Gasteiger partial charge in [0.15, 0.2) is 0 Å². The molecule has 0 radical (unpaired) electrons. The predicted molar refractivity (Wildman–Crippen MR) is 170 cm³/mol. The van der Waals surface area contributed by atoms with Gasteiger partial charge in [-0.3, -0.25) is 0 Å². The molecule has 6 rings (SSSR count). The number of hydrogen-bond acceptors (Lipinski definition) is 1. The van der Waals surface area contributed by atoms with E-state index >= 15 is 0 Å². The molecule has 0 bridgehead atoms. The molecule has 2 heteroatoms. The van der Waals surface area contributed by atoms with Crippen LogP contribution in [-0.2, 0) is 7.05 Å². The third-order valence-electron chi connectivity index (χ3n) is 7.68. The van der Waals surface area contributed by atoms with Gasteiger partial charge in [-0.25, -0.2) is 0 Å². The number of ether oxygens (including phenoxy) is 1. The molecular weight excluding hydrogens is 486 g/mol. The molecule has 0 aliphatic rings. The molecule has 0 spiro atoms. The monoisotopic (exact) mass is 521 g/mol. The molecule has 0 aliphatic heterocycles. The molecule has 0 saturated carbocycles. The molecule has 0 atom stereocenters. The fourth-order valence-electron chi connectivity index (χ4n) is 6.06. The molecule has 0 unspecified atom stereocenters. The largest absolute Gasteiger partial charge is 0.490 e. The Morgan fingerprint density at radius 3 is 1.93 bits per heavy atom. The molecule has 198 valence electrons. The second-order valence-corrected chi connectivity index (χ2v) is 10.9. The maximum atomic E-state index is 6.43. The minimum absolute atomic E-state index is 0.0734. The lowest BCUT2D eigenvalue weighted by atomic mass is 9.86. The Kier molecular flexibility index (Phi) is 6.77. The summed E-state index contributed by atoms with van der Waals surface area (Å²) in [5.41, 5.74) is 13.5. The van der Waals surface area contributed by atoms with Crippen LogP contribution in [0.3, 0.4) is 0 Å². The summed E-state index contributed by atoms with van der Waals surface area (Å²) in [6, 6.07) is 39.1. The average Bonchev–Trinajstić information content (AvgIpc) is 3.29. The van der Waals surface area contributed by atoms with Gasteiger partial charge in [0.25, 0.3) is 0 Å². The van der Waals surface area contributed by atoms with Crippen molar-refractivity contribution >= 4 is 10.9 Å². The van der Waals surface area contributed by atoms with Gasteiger partial charge in [0.1, 0.15) is 5.75 Å². The van der Waals surface area contributed by atoms with E-state index in [-0.39, 0.29) is 6.10 Å². The van der Waals surface area contributed by atoms with Crippen molar-refractivity contribution in [2.24, 2.45) is 7.05 Å². The van der Waals surface area contributed by atoms with Crippen LogP contribution in [0.15, 0.2) is 115 Å². The molecule has 1 heterocycles. The molecule has 0 aliphatic carbocycles. The van der Waals surface area contributed by atoms with Crippen LogP contribution in [0.1, 0.15) is 25.0 Å². The van der Waals surface area contributed by atoms with E-state index in [0.717, 1.165) is 11.3 Å². The van der Waals surface area contributed by atoms with E-state index in [1.807, 2.05) is 0 Å². The van der Waals surface area contributed by atoms with Gasteiger partial charge in [-0.05, 0) is 84.3 Å². The van der Waals surface area contributed by atoms with Gasteiger partial charge < -0.3 is 9.30 Å². The third-order valence-corrected chi connectivity index (χ3v) is 7.68. The normalized spacial score (nSPS) is 11.3. The number of aryl methyl sites for hydroxylation is 3. The van der Waals surface area contributed by atoms with Gasteiger partial charge in [-0.1, -0.05) is 97.1 Å². The Labute approximate surface area is 237 Å². The quantitative estimate of drug-likeness (QED) is 0.213. The minimum atomic E-state index is 0.0734.